The minimum Gasteiger partial charge on any atom is 0 e. The molecule has 0 amide bonds. The van der Waals surface area contributed by atoms with Gasteiger partial charge >= 0.3 is 72.1 Å². The summed E-state index contributed by atoms with van der Waals surface area (Å²) in [5.74, 6) is 0. The van der Waals surface area contributed by atoms with Crippen molar-refractivity contribution in [1.82, 2.24) is 0 Å². The van der Waals surface area contributed by atoms with Gasteiger partial charge in [0.1, 0.15) is 0 Å². The Morgan fingerprint density at radius 2 is 0.643 bits per heavy atom. The molecule has 0 radical (unpaired) electrons. The van der Waals surface area contributed by atoms with Gasteiger partial charge in [0.05, 0.1) is 0 Å². The second-order valence-electron chi connectivity index (χ2n) is 1.80. The molecule has 0 N–H and O–H groups in total. The Kier molecular flexibility index (Phi) is 3.14. The first-order chi connectivity index (χ1) is 5.97. The molecule has 70 valence electrons. The van der Waals surface area contributed by atoms with Crippen LogP contribution in [-0.2, 0) is 27.8 Å². The fraction of sp³-hybridized carbons (Fsp3) is 0. The SMILES string of the molecule is N#[C][Fe]([C]#N)([C]#N)([C]#N)([C]#N)[C]#N.[Fe]. The molecule has 0 aliphatic carbocycles. The summed E-state index contributed by atoms with van der Waals surface area (Å²) in [4.78, 5) is 6.19. The van der Waals surface area contributed by atoms with Crippen molar-refractivity contribution >= 4 is 0 Å². The molecule has 0 unspecified atom stereocenters. The van der Waals surface area contributed by atoms with Crippen molar-refractivity contribution in [2.45, 2.75) is 0 Å². The van der Waals surface area contributed by atoms with Gasteiger partial charge in [-0.25, -0.2) is 0 Å². The summed E-state index contributed by atoms with van der Waals surface area (Å²) in [7, 11) is -6.17. The van der Waals surface area contributed by atoms with Crippen molar-refractivity contribution in [1.29, 1.82) is 31.6 Å². The van der Waals surface area contributed by atoms with Crippen LogP contribution in [0.5, 0.6) is 0 Å². The molecule has 0 aliphatic rings. The second kappa shape index (κ2) is 3.04. The summed E-state index contributed by atoms with van der Waals surface area (Å²) in [6.45, 7) is 0. The Bertz CT molecular complexity index is 390. The van der Waals surface area contributed by atoms with Crippen LogP contribution in [0.1, 0.15) is 0 Å². The van der Waals surface area contributed by atoms with Crippen molar-refractivity contribution < 1.29 is 27.8 Å². The number of hydrogen-bond donors (Lipinski definition) is 0. The Hall–Kier alpha value is -2.02. The molecule has 0 rings (SSSR count). The molecule has 0 saturated carbocycles. The quantitative estimate of drug-likeness (QED) is 0.569. The first-order valence-electron chi connectivity index (χ1n) is 2.40. The summed E-state index contributed by atoms with van der Waals surface area (Å²) in [5.41, 5.74) is 0. The van der Waals surface area contributed by atoms with Crippen LogP contribution in [0, 0.1) is 61.4 Å². The van der Waals surface area contributed by atoms with E-state index in [4.69, 9.17) is 31.6 Å². The van der Waals surface area contributed by atoms with Crippen molar-refractivity contribution in [3.05, 3.63) is 0 Å². The zero-order valence-corrected chi connectivity index (χ0v) is 8.60. The maximum atomic E-state index is 8.58. The molecule has 0 aliphatic heterocycles. The molecule has 0 aromatic rings. The van der Waals surface area contributed by atoms with E-state index in [1.165, 1.54) is 0 Å². The molecule has 14 heavy (non-hydrogen) atoms. The molecule has 0 fully saturated rings. The predicted octanol–water partition coefficient (Wildman–Crippen LogP) is 0.0957. The molecule has 0 saturated heterocycles. The van der Waals surface area contributed by atoms with Gasteiger partial charge in [-0.3, -0.25) is 0 Å². The Morgan fingerprint density at radius 3 is 0.643 bits per heavy atom. The van der Waals surface area contributed by atoms with Gasteiger partial charge in [-0.1, -0.05) is 0 Å². The zero-order valence-electron chi connectivity index (χ0n) is 6.39. The Labute approximate surface area is 89.2 Å². The van der Waals surface area contributed by atoms with Crippen molar-refractivity contribution in [3.63, 3.8) is 0 Å². The third-order valence-corrected chi connectivity index (χ3v) is 4.89. The van der Waals surface area contributed by atoms with Gasteiger partial charge in [0.15, 0.2) is 0 Å². The number of nitriles is 6. The van der Waals surface area contributed by atoms with E-state index >= 15 is 0 Å². The van der Waals surface area contributed by atoms with Gasteiger partial charge in [0.25, 0.3) is 0 Å². The molecular formula is C6Fe2N6. The number of rotatable bonds is 0. The van der Waals surface area contributed by atoms with Crippen molar-refractivity contribution in [3.8, 4) is 29.8 Å². The molecule has 6 nitrogen and oxygen atoms in total. The normalized spacial score (nSPS) is 12.4. The van der Waals surface area contributed by atoms with Crippen LogP contribution in [0.2, 0.25) is 0 Å². The third-order valence-electron chi connectivity index (χ3n) is 1.19. The van der Waals surface area contributed by atoms with Gasteiger partial charge < -0.3 is 0 Å². The summed E-state index contributed by atoms with van der Waals surface area (Å²) < 4.78 is 0. The van der Waals surface area contributed by atoms with E-state index in [1.54, 1.807) is 0 Å². The average Bonchev–Trinajstić information content (AvgIpc) is 2.26. The largest absolute Gasteiger partial charge is 0 e. The van der Waals surface area contributed by atoms with Gasteiger partial charge in [-0.05, 0) is 0 Å². The van der Waals surface area contributed by atoms with Crippen LogP contribution < -0.4 is 0 Å². The van der Waals surface area contributed by atoms with Crippen molar-refractivity contribution in [2.24, 2.45) is 0 Å². The summed E-state index contributed by atoms with van der Waals surface area (Å²) in [6, 6.07) is 0. The number of nitrogens with zero attached hydrogens (tertiary/aromatic N) is 6. The second-order valence-corrected chi connectivity index (χ2v) is 7.42. The molecule has 0 aromatic heterocycles. The maximum Gasteiger partial charge on any atom is 0 e. The molecule has 0 atom stereocenters. The first kappa shape index (κ1) is 14.5. The fourth-order valence-corrected chi connectivity index (χ4v) is 1.09. The van der Waals surface area contributed by atoms with Crippen molar-refractivity contribution in [2.75, 3.05) is 0 Å². The Balaban J connectivity index is 0. The fourth-order valence-electron chi connectivity index (χ4n) is 0.265. The summed E-state index contributed by atoms with van der Waals surface area (Å²) in [5, 5.41) is 51.5. The van der Waals surface area contributed by atoms with E-state index < -0.39 is 10.7 Å². The van der Waals surface area contributed by atoms with Crippen LogP contribution in [0.25, 0.3) is 0 Å². The smallest absolute Gasteiger partial charge is 0 e. The van der Waals surface area contributed by atoms with Crippen LogP contribution in [0.15, 0.2) is 0 Å². The minimum atomic E-state index is -6.17. The van der Waals surface area contributed by atoms with Crippen LogP contribution in [0.3, 0.4) is 0 Å². The van der Waals surface area contributed by atoms with E-state index in [2.05, 4.69) is 0 Å². The van der Waals surface area contributed by atoms with E-state index in [9.17, 15) is 0 Å². The average molecular weight is 268 g/mol. The van der Waals surface area contributed by atoms with E-state index in [1.807, 2.05) is 0 Å². The van der Waals surface area contributed by atoms with Crippen LogP contribution >= 0.6 is 0 Å². The van der Waals surface area contributed by atoms with Crippen LogP contribution in [0.4, 0.5) is 0 Å². The molecular weight excluding hydrogens is 268 g/mol. The first-order valence-corrected chi connectivity index (χ1v) is 5.71. The van der Waals surface area contributed by atoms with E-state index in [-0.39, 0.29) is 17.1 Å². The molecule has 0 aromatic carbocycles. The molecule has 0 spiro atoms. The predicted molar refractivity (Wildman–Crippen MR) is 33.7 cm³/mol. The maximum absolute atomic E-state index is 8.58. The van der Waals surface area contributed by atoms with Crippen LogP contribution in [-0.4, -0.2) is 0 Å². The van der Waals surface area contributed by atoms with Gasteiger partial charge in [-0.2, -0.15) is 0 Å². The standard InChI is InChI=1S/6CN.2Fe/c6*1-2;;. The topological polar surface area (TPSA) is 143 Å². The molecule has 8 heteroatoms. The summed E-state index contributed by atoms with van der Waals surface area (Å²) in [6.07, 6.45) is 0. The zero-order chi connectivity index (χ0) is 10.7. The number of hydrogen-bond acceptors (Lipinski definition) is 6. The molecule has 0 heterocycles. The molecule has 0 bridgehead atoms. The van der Waals surface area contributed by atoms with Gasteiger partial charge in [-0.15, -0.1) is 0 Å². The van der Waals surface area contributed by atoms with E-state index in [0.29, 0.717) is 0 Å². The Morgan fingerprint density at radius 1 is 0.500 bits per heavy atom. The van der Waals surface area contributed by atoms with E-state index in [0.717, 1.165) is 29.8 Å². The minimum absolute atomic E-state index is 0. The monoisotopic (exact) mass is 268 g/mol. The van der Waals surface area contributed by atoms with Gasteiger partial charge in [0.2, 0.25) is 0 Å². The van der Waals surface area contributed by atoms with Gasteiger partial charge in [0, 0.05) is 17.1 Å². The third kappa shape index (κ3) is 1.03. The summed E-state index contributed by atoms with van der Waals surface area (Å²) >= 11 is 0.